The van der Waals surface area contributed by atoms with Crippen molar-refractivity contribution in [2.24, 2.45) is 17.4 Å². The van der Waals surface area contributed by atoms with Gasteiger partial charge in [0.05, 0.1) is 5.92 Å². The van der Waals surface area contributed by atoms with Crippen molar-refractivity contribution in [2.45, 2.75) is 13.0 Å². The molecule has 0 bridgehead atoms. The summed E-state index contributed by atoms with van der Waals surface area (Å²) in [6.07, 6.45) is 0.861. The molecule has 2 rings (SSSR count). The highest BCUT2D eigenvalue weighted by Gasteiger charge is 2.26. The lowest BCUT2D eigenvalue weighted by Crippen LogP contribution is -2.27. The molecule has 1 unspecified atom stereocenters. The average Bonchev–Trinajstić information content (AvgIpc) is 2.78. The van der Waals surface area contributed by atoms with Crippen molar-refractivity contribution in [1.82, 2.24) is 4.90 Å². The monoisotopic (exact) mass is 263 g/mol. The van der Waals surface area contributed by atoms with Crippen LogP contribution in [0.2, 0.25) is 0 Å². The lowest BCUT2D eigenvalue weighted by molar-refractivity contribution is -0.121. The number of primary amides is 1. The highest BCUT2D eigenvalue weighted by atomic mass is 32.1. The van der Waals surface area contributed by atoms with Gasteiger partial charge >= 0.3 is 0 Å². The SMILES string of the molecule is NC(=O)C1CCN(Cc2ccc(C(N)=S)cc2)C1. The van der Waals surface area contributed by atoms with E-state index in [4.69, 9.17) is 23.7 Å². The topological polar surface area (TPSA) is 72.4 Å². The molecule has 4 N–H and O–H groups in total. The molecule has 0 radical (unpaired) electrons. The van der Waals surface area contributed by atoms with Crippen LogP contribution in [0, 0.1) is 5.92 Å². The van der Waals surface area contributed by atoms with E-state index in [-0.39, 0.29) is 11.8 Å². The number of nitrogens with zero attached hydrogens (tertiary/aromatic N) is 1. The Morgan fingerprint density at radius 3 is 2.50 bits per heavy atom. The Kier molecular flexibility index (Phi) is 3.93. The van der Waals surface area contributed by atoms with Gasteiger partial charge in [-0.05, 0) is 18.5 Å². The molecule has 1 aliphatic heterocycles. The zero-order chi connectivity index (χ0) is 13.1. The van der Waals surface area contributed by atoms with Gasteiger partial charge in [-0.2, -0.15) is 0 Å². The lowest BCUT2D eigenvalue weighted by atomic mass is 10.1. The maximum absolute atomic E-state index is 11.1. The molecule has 96 valence electrons. The quantitative estimate of drug-likeness (QED) is 0.782. The third-order valence-electron chi connectivity index (χ3n) is 3.32. The molecular formula is C13H17N3OS. The highest BCUT2D eigenvalue weighted by molar-refractivity contribution is 7.80. The largest absolute Gasteiger partial charge is 0.389 e. The van der Waals surface area contributed by atoms with Gasteiger partial charge in [0, 0.05) is 18.7 Å². The van der Waals surface area contributed by atoms with Crippen molar-refractivity contribution < 1.29 is 4.79 Å². The second kappa shape index (κ2) is 5.46. The van der Waals surface area contributed by atoms with Crippen LogP contribution < -0.4 is 11.5 Å². The number of carbonyl (C=O) groups excluding carboxylic acids is 1. The van der Waals surface area contributed by atoms with E-state index in [1.54, 1.807) is 0 Å². The number of thiocarbonyl (C=S) groups is 1. The Bertz CT molecular complexity index is 458. The van der Waals surface area contributed by atoms with Gasteiger partial charge in [0.25, 0.3) is 0 Å². The van der Waals surface area contributed by atoms with Gasteiger partial charge in [-0.15, -0.1) is 0 Å². The first kappa shape index (κ1) is 13.0. The normalized spacial score (nSPS) is 19.9. The molecule has 1 saturated heterocycles. The molecule has 0 saturated carbocycles. The number of benzene rings is 1. The Balaban J connectivity index is 1.94. The first-order chi connectivity index (χ1) is 8.56. The van der Waals surface area contributed by atoms with E-state index in [1.165, 1.54) is 5.56 Å². The van der Waals surface area contributed by atoms with Gasteiger partial charge in [0.2, 0.25) is 5.91 Å². The van der Waals surface area contributed by atoms with Gasteiger partial charge in [-0.1, -0.05) is 36.5 Å². The van der Waals surface area contributed by atoms with Gasteiger partial charge in [-0.25, -0.2) is 0 Å². The third-order valence-corrected chi connectivity index (χ3v) is 3.56. The molecule has 4 nitrogen and oxygen atoms in total. The Labute approximate surface area is 112 Å². The van der Waals surface area contributed by atoms with Crippen LogP contribution in [0.15, 0.2) is 24.3 Å². The lowest BCUT2D eigenvalue weighted by Gasteiger charge is -2.15. The summed E-state index contributed by atoms with van der Waals surface area (Å²) in [5.74, 6) is -0.192. The van der Waals surface area contributed by atoms with E-state index in [2.05, 4.69) is 4.90 Å². The van der Waals surface area contributed by atoms with Crippen LogP contribution in [-0.2, 0) is 11.3 Å². The van der Waals surface area contributed by atoms with Crippen LogP contribution in [0.4, 0.5) is 0 Å². The molecule has 1 amide bonds. The maximum atomic E-state index is 11.1. The highest BCUT2D eigenvalue weighted by Crippen LogP contribution is 2.18. The number of carbonyl (C=O) groups is 1. The molecule has 1 fully saturated rings. The molecule has 1 aliphatic rings. The van der Waals surface area contributed by atoms with Gasteiger partial charge in [0.15, 0.2) is 0 Å². The minimum atomic E-state index is -0.193. The summed E-state index contributed by atoms with van der Waals surface area (Å²) in [5.41, 5.74) is 12.9. The smallest absolute Gasteiger partial charge is 0.221 e. The molecule has 1 heterocycles. The summed E-state index contributed by atoms with van der Waals surface area (Å²) in [5, 5.41) is 0. The van der Waals surface area contributed by atoms with Gasteiger partial charge in [-0.3, -0.25) is 9.69 Å². The van der Waals surface area contributed by atoms with Crippen molar-refractivity contribution in [1.29, 1.82) is 0 Å². The zero-order valence-corrected chi connectivity index (χ0v) is 11.0. The van der Waals surface area contributed by atoms with E-state index < -0.39 is 0 Å². The Hall–Kier alpha value is -1.46. The van der Waals surface area contributed by atoms with Gasteiger partial charge < -0.3 is 11.5 Å². The molecule has 0 aromatic heterocycles. The fourth-order valence-corrected chi connectivity index (χ4v) is 2.38. The first-order valence-electron chi connectivity index (χ1n) is 5.96. The van der Waals surface area contributed by atoms with E-state index in [9.17, 15) is 4.79 Å². The molecule has 5 heteroatoms. The van der Waals surface area contributed by atoms with E-state index in [1.807, 2.05) is 24.3 Å². The fraction of sp³-hybridized carbons (Fsp3) is 0.385. The van der Waals surface area contributed by atoms with Crippen LogP contribution in [0.3, 0.4) is 0 Å². The second-order valence-corrected chi connectivity index (χ2v) is 5.12. The number of hydrogen-bond acceptors (Lipinski definition) is 3. The molecule has 0 aliphatic carbocycles. The molecule has 0 spiro atoms. The van der Waals surface area contributed by atoms with Gasteiger partial charge in [0.1, 0.15) is 4.99 Å². The Morgan fingerprint density at radius 1 is 1.33 bits per heavy atom. The number of hydrogen-bond donors (Lipinski definition) is 2. The zero-order valence-electron chi connectivity index (χ0n) is 10.1. The number of likely N-dealkylation sites (tertiary alicyclic amines) is 1. The fourth-order valence-electron chi connectivity index (χ4n) is 2.24. The van der Waals surface area contributed by atoms with Crippen molar-refractivity contribution in [3.8, 4) is 0 Å². The number of rotatable bonds is 4. The molecule has 1 atom stereocenters. The molecule has 1 aromatic rings. The molecular weight excluding hydrogens is 246 g/mol. The molecule has 1 aromatic carbocycles. The molecule has 18 heavy (non-hydrogen) atoms. The van der Waals surface area contributed by atoms with E-state index in [0.717, 1.165) is 31.6 Å². The Morgan fingerprint density at radius 2 is 2.00 bits per heavy atom. The second-order valence-electron chi connectivity index (χ2n) is 4.68. The third kappa shape index (κ3) is 3.05. The van der Waals surface area contributed by atoms with Crippen LogP contribution >= 0.6 is 12.2 Å². The summed E-state index contributed by atoms with van der Waals surface area (Å²) in [6.45, 7) is 2.51. The summed E-state index contributed by atoms with van der Waals surface area (Å²) >= 11 is 4.91. The van der Waals surface area contributed by atoms with Crippen LogP contribution in [0.5, 0.6) is 0 Å². The van der Waals surface area contributed by atoms with Crippen LogP contribution in [-0.4, -0.2) is 28.9 Å². The van der Waals surface area contributed by atoms with Crippen molar-refractivity contribution in [3.63, 3.8) is 0 Å². The number of nitrogens with two attached hydrogens (primary N) is 2. The summed E-state index contributed by atoms with van der Waals surface area (Å²) in [7, 11) is 0. The number of amides is 1. The first-order valence-corrected chi connectivity index (χ1v) is 6.37. The van der Waals surface area contributed by atoms with E-state index >= 15 is 0 Å². The average molecular weight is 263 g/mol. The minimum Gasteiger partial charge on any atom is -0.389 e. The summed E-state index contributed by atoms with van der Waals surface area (Å²) < 4.78 is 0. The van der Waals surface area contributed by atoms with Crippen LogP contribution in [0.1, 0.15) is 17.5 Å². The van der Waals surface area contributed by atoms with Crippen molar-refractivity contribution in [3.05, 3.63) is 35.4 Å². The predicted molar refractivity (Wildman–Crippen MR) is 74.9 cm³/mol. The van der Waals surface area contributed by atoms with E-state index in [0.29, 0.717) is 4.99 Å². The summed E-state index contributed by atoms with van der Waals surface area (Å²) in [4.78, 5) is 13.7. The predicted octanol–water partition coefficient (Wildman–Crippen LogP) is 0.628. The van der Waals surface area contributed by atoms with Crippen molar-refractivity contribution >= 4 is 23.1 Å². The summed E-state index contributed by atoms with van der Waals surface area (Å²) in [6, 6.07) is 7.90. The van der Waals surface area contributed by atoms with Crippen LogP contribution in [0.25, 0.3) is 0 Å². The minimum absolute atomic E-state index is 0.000827. The maximum Gasteiger partial charge on any atom is 0.221 e. The van der Waals surface area contributed by atoms with Crippen molar-refractivity contribution in [2.75, 3.05) is 13.1 Å². The standard InChI is InChI=1S/C13H17N3OS/c14-12(17)11-5-6-16(8-11)7-9-1-3-10(4-2-9)13(15)18/h1-4,11H,5-8H2,(H2,14,17)(H2,15,18).